The third-order valence-electron chi connectivity index (χ3n) is 4.55. The molecule has 0 radical (unpaired) electrons. The quantitative estimate of drug-likeness (QED) is 0.691. The number of nitrogens with one attached hydrogen (secondary N) is 2. The molecule has 120 valence electrons. The van der Waals surface area contributed by atoms with Crippen LogP contribution in [0.3, 0.4) is 0 Å². The minimum atomic E-state index is -0.242. The van der Waals surface area contributed by atoms with Crippen LogP contribution in [0.25, 0.3) is 11.1 Å². The molecule has 2 unspecified atom stereocenters. The maximum absolute atomic E-state index is 12.1. The molecule has 0 spiro atoms. The van der Waals surface area contributed by atoms with Crippen molar-refractivity contribution in [2.24, 2.45) is 5.92 Å². The molecule has 3 rings (SSSR count). The molecule has 0 aliphatic heterocycles. The molecule has 0 fully saturated rings. The van der Waals surface area contributed by atoms with E-state index in [9.17, 15) is 4.79 Å². The van der Waals surface area contributed by atoms with Crippen LogP contribution in [0.2, 0.25) is 0 Å². The van der Waals surface area contributed by atoms with Gasteiger partial charge in [0.05, 0.1) is 0 Å². The standard InChI is InChI=1S/C19H22N2O2/c1-12(11-22)13(2)20-19(23)21-16-7-8-18-15(10-16)9-14-5-3-4-6-17(14)18/h3-8,10,12-13,22H,9,11H2,1-2H3,(H2,20,21,23). The summed E-state index contributed by atoms with van der Waals surface area (Å²) in [6.07, 6.45) is 0.903. The molecule has 4 nitrogen and oxygen atoms in total. The van der Waals surface area contributed by atoms with Crippen molar-refractivity contribution >= 4 is 11.7 Å². The van der Waals surface area contributed by atoms with Crippen LogP contribution in [-0.2, 0) is 6.42 Å². The van der Waals surface area contributed by atoms with E-state index in [1.807, 2.05) is 26.0 Å². The molecule has 4 heteroatoms. The zero-order valence-corrected chi connectivity index (χ0v) is 13.5. The van der Waals surface area contributed by atoms with Crippen LogP contribution in [0, 0.1) is 5.92 Å². The summed E-state index contributed by atoms with van der Waals surface area (Å²) in [5.41, 5.74) is 5.88. The molecule has 3 N–H and O–H groups in total. The first kappa shape index (κ1) is 15.6. The molecule has 0 saturated heterocycles. The topological polar surface area (TPSA) is 61.4 Å². The number of carbonyl (C=O) groups is 1. The number of hydrogen-bond acceptors (Lipinski definition) is 2. The average Bonchev–Trinajstić information content (AvgIpc) is 2.91. The highest BCUT2D eigenvalue weighted by Crippen LogP contribution is 2.37. The summed E-state index contributed by atoms with van der Waals surface area (Å²) in [6.45, 7) is 3.84. The number of carbonyl (C=O) groups excluding carboxylic acids is 1. The van der Waals surface area contributed by atoms with Crippen molar-refractivity contribution < 1.29 is 9.90 Å². The summed E-state index contributed by atoms with van der Waals surface area (Å²) < 4.78 is 0. The zero-order chi connectivity index (χ0) is 16.4. The summed E-state index contributed by atoms with van der Waals surface area (Å²) in [5.74, 6) is 0.0234. The van der Waals surface area contributed by atoms with Gasteiger partial charge in [-0.05, 0) is 53.6 Å². The number of benzene rings is 2. The number of urea groups is 1. The van der Waals surface area contributed by atoms with E-state index in [4.69, 9.17) is 5.11 Å². The van der Waals surface area contributed by atoms with Gasteiger partial charge in [-0.1, -0.05) is 37.3 Å². The zero-order valence-electron chi connectivity index (χ0n) is 13.5. The van der Waals surface area contributed by atoms with Gasteiger partial charge in [-0.25, -0.2) is 4.79 Å². The summed E-state index contributed by atoms with van der Waals surface area (Å²) in [4.78, 5) is 12.1. The first-order valence-electron chi connectivity index (χ1n) is 7.98. The van der Waals surface area contributed by atoms with E-state index in [2.05, 4.69) is 41.0 Å². The third-order valence-corrected chi connectivity index (χ3v) is 4.55. The van der Waals surface area contributed by atoms with Crippen LogP contribution in [0.4, 0.5) is 10.5 Å². The smallest absolute Gasteiger partial charge is 0.319 e. The molecule has 0 aromatic heterocycles. The fourth-order valence-corrected chi connectivity index (χ4v) is 2.90. The number of anilines is 1. The number of fused-ring (bicyclic) bond motifs is 3. The molecule has 2 amide bonds. The summed E-state index contributed by atoms with van der Waals surface area (Å²) in [7, 11) is 0. The SMILES string of the molecule is CC(CO)C(C)NC(=O)Nc1ccc2c(c1)Cc1ccccc1-2. The second kappa shape index (κ2) is 6.42. The first-order chi connectivity index (χ1) is 11.1. The lowest BCUT2D eigenvalue weighted by Crippen LogP contribution is -2.40. The highest BCUT2D eigenvalue weighted by molar-refractivity contribution is 5.90. The number of aliphatic hydroxyl groups is 1. The number of amides is 2. The fourth-order valence-electron chi connectivity index (χ4n) is 2.90. The van der Waals surface area contributed by atoms with Crippen molar-refractivity contribution in [2.45, 2.75) is 26.3 Å². The molecule has 0 bridgehead atoms. The molecule has 0 saturated carbocycles. The Bertz CT molecular complexity index is 727. The van der Waals surface area contributed by atoms with E-state index < -0.39 is 0 Å². The lowest BCUT2D eigenvalue weighted by atomic mass is 10.1. The largest absolute Gasteiger partial charge is 0.396 e. The Morgan fingerprint density at radius 3 is 2.65 bits per heavy atom. The molecule has 1 aliphatic carbocycles. The van der Waals surface area contributed by atoms with Crippen LogP contribution in [0.1, 0.15) is 25.0 Å². The van der Waals surface area contributed by atoms with E-state index in [-0.39, 0.29) is 24.6 Å². The summed E-state index contributed by atoms with van der Waals surface area (Å²) in [6, 6.07) is 14.1. The Morgan fingerprint density at radius 2 is 1.87 bits per heavy atom. The third kappa shape index (κ3) is 3.22. The van der Waals surface area contributed by atoms with E-state index in [0.717, 1.165) is 12.1 Å². The van der Waals surface area contributed by atoms with Crippen molar-refractivity contribution in [1.82, 2.24) is 5.32 Å². The normalized spacial score (nSPS) is 14.6. The Hall–Kier alpha value is -2.33. The first-order valence-corrected chi connectivity index (χ1v) is 7.98. The summed E-state index contributed by atoms with van der Waals surface area (Å²) in [5, 5.41) is 14.9. The van der Waals surface area contributed by atoms with Gasteiger partial charge in [0.1, 0.15) is 0 Å². The van der Waals surface area contributed by atoms with Gasteiger partial charge in [-0.2, -0.15) is 0 Å². The van der Waals surface area contributed by atoms with Crippen molar-refractivity contribution in [2.75, 3.05) is 11.9 Å². The lowest BCUT2D eigenvalue weighted by Gasteiger charge is -2.19. The minimum Gasteiger partial charge on any atom is -0.396 e. The van der Waals surface area contributed by atoms with Crippen LogP contribution in [-0.4, -0.2) is 23.8 Å². The maximum Gasteiger partial charge on any atom is 0.319 e. The van der Waals surface area contributed by atoms with Gasteiger partial charge < -0.3 is 15.7 Å². The Kier molecular flexibility index (Phi) is 4.35. The van der Waals surface area contributed by atoms with E-state index in [1.165, 1.54) is 22.3 Å². The molecular weight excluding hydrogens is 288 g/mol. The van der Waals surface area contributed by atoms with Gasteiger partial charge in [0.2, 0.25) is 0 Å². The number of hydrogen-bond donors (Lipinski definition) is 3. The number of rotatable bonds is 4. The summed E-state index contributed by atoms with van der Waals surface area (Å²) >= 11 is 0. The second-order valence-electron chi connectivity index (χ2n) is 6.25. The maximum atomic E-state index is 12.1. The van der Waals surface area contributed by atoms with E-state index >= 15 is 0 Å². The average molecular weight is 310 g/mol. The van der Waals surface area contributed by atoms with Gasteiger partial charge in [0.15, 0.2) is 0 Å². The molecule has 2 aromatic carbocycles. The van der Waals surface area contributed by atoms with Crippen LogP contribution in [0.15, 0.2) is 42.5 Å². The molecule has 1 aliphatic rings. The highest BCUT2D eigenvalue weighted by atomic mass is 16.3. The van der Waals surface area contributed by atoms with Crippen molar-refractivity contribution in [3.8, 4) is 11.1 Å². The van der Waals surface area contributed by atoms with E-state index in [1.54, 1.807) is 0 Å². The molecular formula is C19H22N2O2. The van der Waals surface area contributed by atoms with Gasteiger partial charge in [0.25, 0.3) is 0 Å². The minimum absolute atomic E-state index is 0.0234. The Morgan fingerprint density at radius 1 is 1.13 bits per heavy atom. The van der Waals surface area contributed by atoms with E-state index in [0.29, 0.717) is 0 Å². The van der Waals surface area contributed by atoms with Crippen molar-refractivity contribution in [3.05, 3.63) is 53.6 Å². The van der Waals surface area contributed by atoms with Gasteiger partial charge >= 0.3 is 6.03 Å². The predicted octanol–water partition coefficient (Wildman–Crippen LogP) is 3.40. The van der Waals surface area contributed by atoms with Crippen molar-refractivity contribution in [3.63, 3.8) is 0 Å². The predicted molar refractivity (Wildman–Crippen MR) is 92.6 cm³/mol. The molecule has 0 heterocycles. The molecule has 23 heavy (non-hydrogen) atoms. The van der Waals surface area contributed by atoms with Crippen LogP contribution in [0.5, 0.6) is 0 Å². The van der Waals surface area contributed by atoms with Gasteiger partial charge in [-0.3, -0.25) is 0 Å². The lowest BCUT2D eigenvalue weighted by molar-refractivity contribution is 0.204. The monoisotopic (exact) mass is 310 g/mol. The Balaban J connectivity index is 1.69. The highest BCUT2D eigenvalue weighted by Gasteiger charge is 2.19. The van der Waals surface area contributed by atoms with Gasteiger partial charge in [0, 0.05) is 18.3 Å². The van der Waals surface area contributed by atoms with Crippen LogP contribution < -0.4 is 10.6 Å². The Labute approximate surface area is 136 Å². The van der Waals surface area contributed by atoms with Crippen LogP contribution >= 0.6 is 0 Å². The second-order valence-corrected chi connectivity index (χ2v) is 6.25. The van der Waals surface area contributed by atoms with Gasteiger partial charge in [-0.15, -0.1) is 0 Å². The van der Waals surface area contributed by atoms with Crippen molar-refractivity contribution in [1.29, 1.82) is 0 Å². The number of aliphatic hydroxyl groups excluding tert-OH is 1. The molecule has 2 atom stereocenters. The fraction of sp³-hybridized carbons (Fsp3) is 0.316. The molecule has 2 aromatic rings.